The Morgan fingerprint density at radius 3 is 2.61 bits per heavy atom. The maximum Gasteiger partial charge on any atom is 0.251 e. The molecule has 1 unspecified atom stereocenters. The molecular weight excluding hydrogens is 356 g/mol. The predicted molar refractivity (Wildman–Crippen MR) is 107 cm³/mol. The van der Waals surface area contributed by atoms with E-state index in [9.17, 15) is 9.59 Å². The molecule has 146 valence electrons. The maximum atomic E-state index is 13.0. The second kappa shape index (κ2) is 7.98. The van der Waals surface area contributed by atoms with Crippen molar-refractivity contribution in [1.29, 1.82) is 0 Å². The van der Waals surface area contributed by atoms with Gasteiger partial charge < -0.3 is 9.64 Å². The number of aromatic nitrogens is 1. The first-order valence-corrected chi connectivity index (χ1v) is 9.67. The summed E-state index contributed by atoms with van der Waals surface area (Å²) in [5.74, 6) is 1.30. The van der Waals surface area contributed by atoms with Gasteiger partial charge in [-0.3, -0.25) is 14.5 Å². The van der Waals surface area contributed by atoms with Gasteiger partial charge in [0, 0.05) is 38.4 Å². The zero-order valence-corrected chi connectivity index (χ0v) is 16.0. The molecule has 7 nitrogen and oxygen atoms in total. The van der Waals surface area contributed by atoms with E-state index in [0.29, 0.717) is 18.0 Å². The van der Waals surface area contributed by atoms with Gasteiger partial charge >= 0.3 is 0 Å². The number of carbonyl (C=O) groups excluding carboxylic acids is 2. The van der Waals surface area contributed by atoms with Crippen molar-refractivity contribution in [3.05, 3.63) is 48.7 Å². The molecule has 0 bridgehead atoms. The molecule has 0 radical (unpaired) electrons. The summed E-state index contributed by atoms with van der Waals surface area (Å²) in [7, 11) is 0. The van der Waals surface area contributed by atoms with E-state index in [1.807, 2.05) is 31.2 Å². The van der Waals surface area contributed by atoms with Gasteiger partial charge in [0.25, 0.3) is 5.91 Å². The third-order valence-corrected chi connectivity index (χ3v) is 5.24. The number of ether oxygens (including phenoxy) is 1. The van der Waals surface area contributed by atoms with E-state index in [4.69, 9.17) is 4.74 Å². The largest absolute Gasteiger partial charge is 0.494 e. The van der Waals surface area contributed by atoms with Gasteiger partial charge in [-0.2, -0.15) is 0 Å². The van der Waals surface area contributed by atoms with Crippen LogP contribution >= 0.6 is 0 Å². The molecule has 1 aromatic carbocycles. The molecule has 0 aliphatic carbocycles. The number of hydrogen-bond donors (Lipinski definition) is 0. The molecule has 3 heterocycles. The number of anilines is 2. The number of carbonyl (C=O) groups is 2. The van der Waals surface area contributed by atoms with Crippen LogP contribution in [0.5, 0.6) is 5.75 Å². The standard InChI is InChI=1S/C21H24N4O3/c1-2-28-17-7-5-6-16(14-17)25-20(26)15-18(21(25)27)23-10-12-24(13-11-23)19-8-3-4-9-22-19/h3-9,14,18H,2,10-13,15H2,1H3. The monoisotopic (exact) mass is 380 g/mol. The summed E-state index contributed by atoms with van der Waals surface area (Å²) in [6, 6.07) is 12.6. The molecule has 1 atom stereocenters. The van der Waals surface area contributed by atoms with E-state index in [1.54, 1.807) is 24.4 Å². The van der Waals surface area contributed by atoms with Crippen LogP contribution in [0.1, 0.15) is 13.3 Å². The Labute approximate surface area is 164 Å². The van der Waals surface area contributed by atoms with Gasteiger partial charge in [0.05, 0.1) is 24.8 Å². The highest BCUT2D eigenvalue weighted by Crippen LogP contribution is 2.29. The van der Waals surface area contributed by atoms with Crippen molar-refractivity contribution in [2.45, 2.75) is 19.4 Å². The molecule has 0 spiro atoms. The van der Waals surface area contributed by atoms with Gasteiger partial charge in [-0.25, -0.2) is 9.88 Å². The number of pyridine rings is 1. The van der Waals surface area contributed by atoms with Crippen molar-refractivity contribution >= 4 is 23.3 Å². The first-order chi connectivity index (χ1) is 13.7. The number of piperazine rings is 1. The summed E-state index contributed by atoms with van der Waals surface area (Å²) in [6.07, 6.45) is 2.01. The highest BCUT2D eigenvalue weighted by atomic mass is 16.5. The van der Waals surface area contributed by atoms with Crippen LogP contribution in [0.15, 0.2) is 48.7 Å². The van der Waals surface area contributed by atoms with Crippen LogP contribution in [-0.4, -0.2) is 60.5 Å². The number of amides is 2. The SMILES string of the molecule is CCOc1cccc(N2C(=O)CC(N3CCN(c4ccccn4)CC3)C2=O)c1. The van der Waals surface area contributed by atoms with Crippen molar-refractivity contribution in [3.63, 3.8) is 0 Å². The molecule has 2 aliphatic rings. The van der Waals surface area contributed by atoms with Gasteiger partial charge in [-0.05, 0) is 31.2 Å². The Morgan fingerprint density at radius 2 is 1.89 bits per heavy atom. The van der Waals surface area contributed by atoms with E-state index in [1.165, 1.54) is 4.90 Å². The number of nitrogens with zero attached hydrogens (tertiary/aromatic N) is 4. The summed E-state index contributed by atoms with van der Waals surface area (Å²) in [5.41, 5.74) is 0.579. The van der Waals surface area contributed by atoms with E-state index in [-0.39, 0.29) is 18.2 Å². The summed E-state index contributed by atoms with van der Waals surface area (Å²) < 4.78 is 5.50. The Bertz CT molecular complexity index is 850. The first kappa shape index (κ1) is 18.4. The van der Waals surface area contributed by atoms with Crippen molar-refractivity contribution < 1.29 is 14.3 Å². The molecule has 2 fully saturated rings. The van der Waals surface area contributed by atoms with Gasteiger partial charge in [0.1, 0.15) is 11.6 Å². The summed E-state index contributed by atoms with van der Waals surface area (Å²) in [4.78, 5) is 35.7. The van der Waals surface area contributed by atoms with Crippen LogP contribution in [0.3, 0.4) is 0 Å². The van der Waals surface area contributed by atoms with Gasteiger partial charge in [-0.15, -0.1) is 0 Å². The second-order valence-corrected chi connectivity index (χ2v) is 6.93. The van der Waals surface area contributed by atoms with Crippen LogP contribution in [0.2, 0.25) is 0 Å². The third kappa shape index (κ3) is 3.57. The third-order valence-electron chi connectivity index (χ3n) is 5.24. The Hall–Kier alpha value is -2.93. The summed E-state index contributed by atoms with van der Waals surface area (Å²) >= 11 is 0. The number of benzene rings is 1. The maximum absolute atomic E-state index is 13.0. The fraction of sp³-hybridized carbons (Fsp3) is 0.381. The fourth-order valence-corrected chi connectivity index (χ4v) is 3.85. The van der Waals surface area contributed by atoms with Crippen molar-refractivity contribution in [3.8, 4) is 5.75 Å². The minimum Gasteiger partial charge on any atom is -0.494 e. The Kier molecular flexibility index (Phi) is 5.25. The van der Waals surface area contributed by atoms with E-state index in [2.05, 4.69) is 14.8 Å². The lowest BCUT2D eigenvalue weighted by molar-refractivity contribution is -0.123. The molecule has 0 N–H and O–H groups in total. The van der Waals surface area contributed by atoms with E-state index in [0.717, 1.165) is 32.0 Å². The Morgan fingerprint density at radius 1 is 1.07 bits per heavy atom. The lowest BCUT2D eigenvalue weighted by Gasteiger charge is -2.37. The van der Waals surface area contributed by atoms with E-state index < -0.39 is 6.04 Å². The molecule has 2 aliphatic heterocycles. The quantitative estimate of drug-likeness (QED) is 0.739. The minimum atomic E-state index is -0.394. The normalized spacial score (nSPS) is 20.7. The van der Waals surface area contributed by atoms with Crippen molar-refractivity contribution in [2.24, 2.45) is 0 Å². The molecule has 28 heavy (non-hydrogen) atoms. The van der Waals surface area contributed by atoms with Gasteiger partial charge in [0.15, 0.2) is 0 Å². The fourth-order valence-electron chi connectivity index (χ4n) is 3.85. The highest BCUT2D eigenvalue weighted by Gasteiger charge is 2.43. The first-order valence-electron chi connectivity index (χ1n) is 9.67. The molecule has 0 saturated carbocycles. The Balaban J connectivity index is 1.44. The van der Waals surface area contributed by atoms with Crippen molar-refractivity contribution in [2.75, 3.05) is 42.6 Å². The highest BCUT2D eigenvalue weighted by molar-refractivity contribution is 6.22. The average molecular weight is 380 g/mol. The van der Waals surface area contributed by atoms with Crippen LogP contribution in [-0.2, 0) is 9.59 Å². The molecular formula is C21H24N4O3. The second-order valence-electron chi connectivity index (χ2n) is 6.93. The topological polar surface area (TPSA) is 66.0 Å². The molecule has 2 aromatic rings. The van der Waals surface area contributed by atoms with Gasteiger partial charge in [0.2, 0.25) is 5.91 Å². The van der Waals surface area contributed by atoms with Crippen LogP contribution in [0, 0.1) is 0 Å². The number of hydrogen-bond acceptors (Lipinski definition) is 6. The molecule has 2 saturated heterocycles. The van der Waals surface area contributed by atoms with Crippen LogP contribution in [0.25, 0.3) is 0 Å². The summed E-state index contributed by atoms with van der Waals surface area (Å²) in [6.45, 7) is 5.47. The summed E-state index contributed by atoms with van der Waals surface area (Å²) in [5, 5.41) is 0. The smallest absolute Gasteiger partial charge is 0.251 e. The zero-order chi connectivity index (χ0) is 19.5. The minimum absolute atomic E-state index is 0.148. The van der Waals surface area contributed by atoms with E-state index >= 15 is 0 Å². The molecule has 2 amide bonds. The average Bonchev–Trinajstić information content (AvgIpc) is 3.03. The number of imide groups is 1. The molecule has 1 aromatic heterocycles. The van der Waals surface area contributed by atoms with Crippen molar-refractivity contribution in [1.82, 2.24) is 9.88 Å². The van der Waals surface area contributed by atoms with Crippen LogP contribution in [0.4, 0.5) is 11.5 Å². The van der Waals surface area contributed by atoms with Gasteiger partial charge in [-0.1, -0.05) is 12.1 Å². The lowest BCUT2D eigenvalue weighted by Crippen LogP contribution is -2.52. The zero-order valence-electron chi connectivity index (χ0n) is 16.0. The molecule has 4 rings (SSSR count). The predicted octanol–water partition coefficient (Wildman–Crippen LogP) is 1.93. The number of rotatable bonds is 5. The van der Waals surface area contributed by atoms with Crippen LogP contribution < -0.4 is 14.5 Å². The lowest BCUT2D eigenvalue weighted by atomic mass is 10.1. The molecule has 7 heteroatoms.